The zero-order chi connectivity index (χ0) is 19.8. The molecule has 9 heteroatoms. The average Bonchev–Trinajstić information content (AvgIpc) is 2.86. The summed E-state index contributed by atoms with van der Waals surface area (Å²) in [6, 6.07) is -0.349. The van der Waals surface area contributed by atoms with Crippen LogP contribution >= 0.6 is 0 Å². The van der Waals surface area contributed by atoms with Gasteiger partial charge in [-0.15, -0.1) is 5.06 Å². The first-order valence-electron chi connectivity index (χ1n) is 9.43. The standard InChI is InChI=1S/C18H27N3O6/c1-17(2,3)26-16(25)20-18-8-6-11(7-9-18)10-12(18)19-15(24)27-21-13(22)4-5-14(21)23/h11-12H,4-10H2,1-3H3,(H,19,24)(H,20,25)/t11?,12-,18?/m0/s1. The zero-order valence-electron chi connectivity index (χ0n) is 16.0. The largest absolute Gasteiger partial charge is 0.444 e. The van der Waals surface area contributed by atoms with Gasteiger partial charge in [-0.3, -0.25) is 9.59 Å². The molecule has 4 aliphatic rings. The third kappa shape index (κ3) is 4.33. The van der Waals surface area contributed by atoms with Gasteiger partial charge in [0.25, 0.3) is 11.8 Å². The molecule has 0 aromatic carbocycles. The van der Waals surface area contributed by atoms with Gasteiger partial charge in [0.15, 0.2) is 0 Å². The highest BCUT2D eigenvalue weighted by Gasteiger charge is 2.50. The lowest BCUT2D eigenvalue weighted by atomic mass is 9.63. The monoisotopic (exact) mass is 381 g/mol. The molecular formula is C18H27N3O6. The van der Waals surface area contributed by atoms with Crippen LogP contribution in [0.25, 0.3) is 0 Å². The highest BCUT2D eigenvalue weighted by atomic mass is 16.7. The first kappa shape index (κ1) is 19.4. The van der Waals surface area contributed by atoms with Crippen molar-refractivity contribution in [1.29, 1.82) is 0 Å². The fraction of sp³-hybridized carbons (Fsp3) is 0.778. The molecule has 0 radical (unpaired) electrons. The van der Waals surface area contributed by atoms with Crippen LogP contribution in [-0.4, -0.2) is 46.2 Å². The first-order valence-corrected chi connectivity index (χ1v) is 9.43. The van der Waals surface area contributed by atoms with Crippen molar-refractivity contribution in [3.05, 3.63) is 0 Å². The summed E-state index contributed by atoms with van der Waals surface area (Å²) < 4.78 is 5.38. The van der Waals surface area contributed by atoms with Gasteiger partial charge in [-0.1, -0.05) is 0 Å². The van der Waals surface area contributed by atoms with Crippen molar-refractivity contribution < 1.29 is 28.8 Å². The fourth-order valence-corrected chi connectivity index (χ4v) is 4.16. The second-order valence-corrected chi connectivity index (χ2v) is 8.62. The Morgan fingerprint density at radius 3 is 2.22 bits per heavy atom. The number of carbonyl (C=O) groups is 4. The normalized spacial score (nSPS) is 30.3. The Bertz CT molecular complexity index is 632. The summed E-state index contributed by atoms with van der Waals surface area (Å²) in [5.74, 6) is -0.587. The van der Waals surface area contributed by atoms with E-state index < -0.39 is 35.1 Å². The number of rotatable bonds is 3. The van der Waals surface area contributed by atoms with E-state index in [1.807, 2.05) is 0 Å². The van der Waals surface area contributed by atoms with Crippen LogP contribution in [0.1, 0.15) is 65.7 Å². The molecule has 4 amide bonds. The molecule has 4 rings (SSSR count). The van der Waals surface area contributed by atoms with Gasteiger partial charge in [-0.2, -0.15) is 0 Å². The van der Waals surface area contributed by atoms with E-state index in [0.717, 1.165) is 25.7 Å². The number of fused-ring (bicyclic) bond motifs is 3. The van der Waals surface area contributed by atoms with Crippen LogP contribution < -0.4 is 10.6 Å². The van der Waals surface area contributed by atoms with Crippen molar-refractivity contribution in [2.75, 3.05) is 0 Å². The summed E-state index contributed by atoms with van der Waals surface area (Å²) in [5, 5.41) is 6.23. The van der Waals surface area contributed by atoms with Crippen molar-refractivity contribution in [1.82, 2.24) is 15.7 Å². The maximum Gasteiger partial charge on any atom is 0.432 e. The molecule has 2 bridgehead atoms. The van der Waals surface area contributed by atoms with Crippen molar-refractivity contribution in [3.8, 4) is 0 Å². The number of alkyl carbamates (subject to hydrolysis) is 1. The average molecular weight is 381 g/mol. The molecule has 1 aliphatic heterocycles. The lowest BCUT2D eigenvalue weighted by Gasteiger charge is -2.52. The number of hydrogen-bond donors (Lipinski definition) is 2. The predicted octanol–water partition coefficient (Wildman–Crippen LogP) is 2.00. The summed E-state index contributed by atoms with van der Waals surface area (Å²) in [6.07, 6.45) is 2.79. The third-order valence-corrected chi connectivity index (χ3v) is 5.46. The van der Waals surface area contributed by atoms with E-state index in [-0.39, 0.29) is 18.9 Å². The number of hydroxylamine groups is 2. The van der Waals surface area contributed by atoms with Gasteiger partial charge in [-0.25, -0.2) is 9.59 Å². The molecule has 3 saturated carbocycles. The Labute approximate surface area is 158 Å². The van der Waals surface area contributed by atoms with Gasteiger partial charge in [-0.05, 0) is 58.8 Å². The molecule has 1 atom stereocenters. The molecule has 0 aromatic heterocycles. The van der Waals surface area contributed by atoms with Crippen LogP contribution in [0.3, 0.4) is 0 Å². The van der Waals surface area contributed by atoms with Gasteiger partial charge in [0, 0.05) is 12.8 Å². The summed E-state index contributed by atoms with van der Waals surface area (Å²) in [7, 11) is 0. The van der Waals surface area contributed by atoms with Crippen molar-refractivity contribution in [3.63, 3.8) is 0 Å². The number of hydrogen-bond acceptors (Lipinski definition) is 6. The Morgan fingerprint density at radius 2 is 1.67 bits per heavy atom. The second kappa shape index (κ2) is 7.01. The quantitative estimate of drug-likeness (QED) is 0.723. The molecular weight excluding hydrogens is 354 g/mol. The number of nitrogens with zero attached hydrogens (tertiary/aromatic N) is 1. The number of carbonyl (C=O) groups excluding carboxylic acids is 4. The number of imide groups is 1. The molecule has 1 heterocycles. The van der Waals surface area contributed by atoms with Crippen LogP contribution in [0, 0.1) is 5.92 Å². The topological polar surface area (TPSA) is 114 Å². The van der Waals surface area contributed by atoms with E-state index in [1.54, 1.807) is 20.8 Å². The van der Waals surface area contributed by atoms with Gasteiger partial charge in [0.05, 0.1) is 11.6 Å². The summed E-state index contributed by atoms with van der Waals surface area (Å²) in [4.78, 5) is 52.7. The molecule has 27 heavy (non-hydrogen) atoms. The second-order valence-electron chi connectivity index (χ2n) is 8.62. The minimum atomic E-state index is -0.860. The Morgan fingerprint density at radius 1 is 1.07 bits per heavy atom. The Balaban J connectivity index is 1.65. The highest BCUT2D eigenvalue weighted by Crippen LogP contribution is 2.44. The van der Waals surface area contributed by atoms with E-state index in [4.69, 9.17) is 9.57 Å². The number of nitrogens with one attached hydrogen (secondary N) is 2. The van der Waals surface area contributed by atoms with Gasteiger partial charge >= 0.3 is 12.2 Å². The maximum absolute atomic E-state index is 12.3. The predicted molar refractivity (Wildman–Crippen MR) is 93.2 cm³/mol. The SMILES string of the molecule is CC(C)(C)OC(=O)NC12CCC(CC1)C[C@@H]2NC(=O)ON1C(=O)CCC1=O. The lowest BCUT2D eigenvalue weighted by molar-refractivity contribution is -0.171. The van der Waals surface area contributed by atoms with Crippen molar-refractivity contribution in [2.24, 2.45) is 5.92 Å². The van der Waals surface area contributed by atoms with Crippen LogP contribution in [-0.2, 0) is 19.2 Å². The summed E-state index contributed by atoms with van der Waals surface area (Å²) in [6.45, 7) is 5.37. The fourth-order valence-electron chi connectivity index (χ4n) is 4.16. The molecule has 0 unspecified atom stereocenters. The lowest BCUT2D eigenvalue weighted by Crippen LogP contribution is -2.67. The summed E-state index contributed by atoms with van der Waals surface area (Å²) >= 11 is 0. The molecule has 9 nitrogen and oxygen atoms in total. The third-order valence-electron chi connectivity index (χ3n) is 5.46. The summed E-state index contributed by atoms with van der Waals surface area (Å²) in [5.41, 5.74) is -1.24. The Hall–Kier alpha value is -2.32. The van der Waals surface area contributed by atoms with Gasteiger partial charge in [0.2, 0.25) is 0 Å². The Kier molecular flexibility index (Phi) is 5.05. The number of amides is 4. The maximum atomic E-state index is 12.3. The first-order chi connectivity index (χ1) is 12.6. The molecule has 4 fully saturated rings. The van der Waals surface area contributed by atoms with Crippen LogP contribution in [0.4, 0.5) is 9.59 Å². The van der Waals surface area contributed by atoms with Crippen molar-refractivity contribution >= 4 is 24.0 Å². The van der Waals surface area contributed by atoms with Gasteiger partial charge in [0.1, 0.15) is 5.60 Å². The van der Waals surface area contributed by atoms with E-state index in [2.05, 4.69) is 10.6 Å². The van der Waals surface area contributed by atoms with E-state index >= 15 is 0 Å². The van der Waals surface area contributed by atoms with Crippen LogP contribution in [0.2, 0.25) is 0 Å². The molecule has 0 spiro atoms. The minimum absolute atomic E-state index is 0.0434. The molecule has 3 aliphatic carbocycles. The highest BCUT2D eigenvalue weighted by molar-refractivity contribution is 6.01. The van der Waals surface area contributed by atoms with Crippen LogP contribution in [0.15, 0.2) is 0 Å². The molecule has 1 saturated heterocycles. The molecule has 0 aromatic rings. The van der Waals surface area contributed by atoms with E-state index in [0.29, 0.717) is 17.4 Å². The van der Waals surface area contributed by atoms with Crippen LogP contribution in [0.5, 0.6) is 0 Å². The van der Waals surface area contributed by atoms with Gasteiger partial charge < -0.3 is 20.2 Å². The smallest absolute Gasteiger partial charge is 0.432 e. The zero-order valence-corrected chi connectivity index (χ0v) is 16.0. The van der Waals surface area contributed by atoms with Crippen molar-refractivity contribution in [2.45, 2.75) is 82.9 Å². The minimum Gasteiger partial charge on any atom is -0.444 e. The van der Waals surface area contributed by atoms with E-state index in [9.17, 15) is 19.2 Å². The molecule has 150 valence electrons. The molecule has 2 N–H and O–H groups in total. The van der Waals surface area contributed by atoms with E-state index in [1.165, 1.54) is 0 Å². The number of ether oxygens (including phenoxy) is 1.